The Morgan fingerprint density at radius 2 is 1.73 bits per heavy atom. The summed E-state index contributed by atoms with van der Waals surface area (Å²) < 4.78 is 0. The van der Waals surface area contributed by atoms with Gasteiger partial charge >= 0.3 is 0 Å². The van der Waals surface area contributed by atoms with E-state index in [0.717, 1.165) is 16.9 Å². The van der Waals surface area contributed by atoms with E-state index in [-0.39, 0.29) is 5.91 Å². The molecule has 0 radical (unpaired) electrons. The summed E-state index contributed by atoms with van der Waals surface area (Å²) in [4.78, 5) is 13.1. The van der Waals surface area contributed by atoms with Crippen molar-refractivity contribution in [1.82, 2.24) is 10.2 Å². The van der Waals surface area contributed by atoms with Crippen LogP contribution in [0, 0.1) is 11.3 Å². The Morgan fingerprint density at radius 3 is 2.23 bits per heavy atom. The molecule has 0 unspecified atom stereocenters. The standard InChI is InChI=1S/C20H18N4OS/c1-2-26-20-16(13-21)18(23-24-20)22-19(25)17(14-9-5-3-6-10-14)15-11-7-4-8-12-15/h3-12,17H,2H2,1H3,(H2,22,23,24,25). The van der Waals surface area contributed by atoms with E-state index < -0.39 is 5.92 Å². The minimum atomic E-state index is -0.477. The lowest BCUT2D eigenvalue weighted by atomic mass is 9.90. The molecule has 6 heteroatoms. The van der Waals surface area contributed by atoms with Gasteiger partial charge in [0.15, 0.2) is 0 Å². The zero-order valence-corrected chi connectivity index (χ0v) is 15.1. The maximum absolute atomic E-state index is 13.1. The first-order valence-corrected chi connectivity index (χ1v) is 9.25. The molecule has 0 spiro atoms. The number of carbonyl (C=O) groups excluding carboxylic acids is 1. The molecule has 0 aliphatic carbocycles. The number of anilines is 1. The molecule has 0 saturated carbocycles. The molecule has 0 aliphatic heterocycles. The Balaban J connectivity index is 1.94. The zero-order valence-electron chi connectivity index (χ0n) is 14.3. The highest BCUT2D eigenvalue weighted by Crippen LogP contribution is 2.29. The molecular formula is C20H18N4OS. The van der Waals surface area contributed by atoms with Crippen LogP contribution < -0.4 is 5.32 Å². The molecular weight excluding hydrogens is 344 g/mol. The fourth-order valence-electron chi connectivity index (χ4n) is 2.74. The van der Waals surface area contributed by atoms with Gasteiger partial charge in [0, 0.05) is 0 Å². The summed E-state index contributed by atoms with van der Waals surface area (Å²) in [5.74, 6) is 0.444. The number of thioether (sulfide) groups is 1. The van der Waals surface area contributed by atoms with Crippen molar-refractivity contribution in [3.8, 4) is 6.07 Å². The lowest BCUT2D eigenvalue weighted by molar-refractivity contribution is -0.116. The predicted octanol–water partition coefficient (Wildman–Crippen LogP) is 4.16. The first kappa shape index (κ1) is 17.8. The van der Waals surface area contributed by atoms with E-state index in [1.807, 2.05) is 67.6 Å². The number of nitrogens with one attached hydrogen (secondary N) is 2. The van der Waals surface area contributed by atoms with Crippen molar-refractivity contribution in [2.24, 2.45) is 0 Å². The van der Waals surface area contributed by atoms with Crippen molar-refractivity contribution in [1.29, 1.82) is 5.26 Å². The molecule has 130 valence electrons. The van der Waals surface area contributed by atoms with Crippen LogP contribution in [0.1, 0.15) is 29.5 Å². The molecule has 0 aliphatic rings. The van der Waals surface area contributed by atoms with Crippen molar-refractivity contribution in [2.45, 2.75) is 17.9 Å². The van der Waals surface area contributed by atoms with E-state index >= 15 is 0 Å². The second kappa shape index (κ2) is 8.37. The zero-order chi connectivity index (χ0) is 18.4. The van der Waals surface area contributed by atoms with E-state index in [9.17, 15) is 10.1 Å². The summed E-state index contributed by atoms with van der Waals surface area (Å²) in [5.41, 5.74) is 2.14. The third-order valence-electron chi connectivity index (χ3n) is 3.90. The number of hydrogen-bond acceptors (Lipinski definition) is 4. The van der Waals surface area contributed by atoms with Crippen LogP contribution in [-0.4, -0.2) is 21.9 Å². The molecule has 1 aromatic heterocycles. The topological polar surface area (TPSA) is 81.6 Å². The third kappa shape index (κ3) is 3.79. The van der Waals surface area contributed by atoms with Gasteiger partial charge in [0.2, 0.25) is 5.91 Å². The monoisotopic (exact) mass is 362 g/mol. The Labute approximate surface area is 156 Å². The van der Waals surface area contributed by atoms with Gasteiger partial charge in [-0.15, -0.1) is 11.8 Å². The van der Waals surface area contributed by atoms with Gasteiger partial charge in [-0.05, 0) is 16.9 Å². The van der Waals surface area contributed by atoms with Crippen LogP contribution in [0.2, 0.25) is 0 Å². The molecule has 0 atom stereocenters. The quantitative estimate of drug-likeness (QED) is 0.645. The maximum atomic E-state index is 13.1. The molecule has 26 heavy (non-hydrogen) atoms. The number of carbonyl (C=O) groups is 1. The van der Waals surface area contributed by atoms with Gasteiger partial charge in [-0.1, -0.05) is 67.6 Å². The van der Waals surface area contributed by atoms with Crippen molar-refractivity contribution in [2.75, 3.05) is 11.1 Å². The number of benzene rings is 2. The van der Waals surface area contributed by atoms with Crippen LogP contribution in [0.4, 0.5) is 5.82 Å². The van der Waals surface area contributed by atoms with Crippen LogP contribution in [0.15, 0.2) is 65.7 Å². The number of hydrogen-bond donors (Lipinski definition) is 2. The molecule has 5 nitrogen and oxygen atoms in total. The summed E-state index contributed by atoms with van der Waals surface area (Å²) in [6, 6.07) is 21.3. The number of amides is 1. The summed E-state index contributed by atoms with van der Waals surface area (Å²) >= 11 is 1.46. The summed E-state index contributed by atoms with van der Waals surface area (Å²) in [7, 11) is 0. The van der Waals surface area contributed by atoms with E-state index in [2.05, 4.69) is 21.6 Å². The summed E-state index contributed by atoms with van der Waals surface area (Å²) in [5, 5.41) is 19.8. The van der Waals surface area contributed by atoms with Crippen molar-refractivity contribution >= 4 is 23.5 Å². The normalized spacial score (nSPS) is 10.5. The second-order valence-electron chi connectivity index (χ2n) is 5.57. The van der Waals surface area contributed by atoms with E-state index in [4.69, 9.17) is 0 Å². The van der Waals surface area contributed by atoms with Gasteiger partial charge in [0.25, 0.3) is 0 Å². The highest BCUT2D eigenvalue weighted by Gasteiger charge is 2.24. The first-order valence-electron chi connectivity index (χ1n) is 8.26. The molecule has 3 aromatic rings. The van der Waals surface area contributed by atoms with Gasteiger partial charge in [-0.25, -0.2) is 0 Å². The van der Waals surface area contributed by atoms with Gasteiger partial charge in [-0.3, -0.25) is 9.89 Å². The van der Waals surface area contributed by atoms with E-state index in [1.165, 1.54) is 11.8 Å². The van der Waals surface area contributed by atoms with Crippen LogP contribution >= 0.6 is 11.8 Å². The average molecular weight is 362 g/mol. The Bertz CT molecular complexity index is 876. The van der Waals surface area contributed by atoms with Crippen LogP contribution in [0.5, 0.6) is 0 Å². The Kier molecular flexibility index (Phi) is 5.72. The third-order valence-corrected chi connectivity index (χ3v) is 4.76. The summed E-state index contributed by atoms with van der Waals surface area (Å²) in [6.07, 6.45) is 0. The number of aromatic nitrogens is 2. The maximum Gasteiger partial charge on any atom is 0.237 e. The van der Waals surface area contributed by atoms with Crippen LogP contribution in [0.3, 0.4) is 0 Å². The highest BCUT2D eigenvalue weighted by molar-refractivity contribution is 7.99. The van der Waals surface area contributed by atoms with Gasteiger partial charge in [0.1, 0.15) is 22.5 Å². The molecule has 2 aromatic carbocycles. The summed E-state index contributed by atoms with van der Waals surface area (Å²) in [6.45, 7) is 1.99. The molecule has 0 bridgehead atoms. The second-order valence-corrected chi connectivity index (χ2v) is 6.82. The van der Waals surface area contributed by atoms with Crippen LogP contribution in [0.25, 0.3) is 0 Å². The van der Waals surface area contributed by atoms with Crippen LogP contribution in [-0.2, 0) is 4.79 Å². The average Bonchev–Trinajstić information content (AvgIpc) is 3.05. The SMILES string of the molecule is CCSc1n[nH]c(NC(=O)C(c2ccccc2)c2ccccc2)c1C#N. The smallest absolute Gasteiger partial charge is 0.237 e. The predicted molar refractivity (Wildman–Crippen MR) is 103 cm³/mol. The number of nitriles is 1. The minimum Gasteiger partial charge on any atom is -0.309 e. The highest BCUT2D eigenvalue weighted by atomic mass is 32.2. The number of H-pyrrole nitrogens is 1. The lowest BCUT2D eigenvalue weighted by Gasteiger charge is -2.17. The molecule has 1 amide bonds. The number of nitrogens with zero attached hydrogens (tertiary/aromatic N) is 2. The number of aromatic amines is 1. The molecule has 0 fully saturated rings. The fourth-order valence-corrected chi connectivity index (χ4v) is 3.42. The Morgan fingerprint density at radius 1 is 1.15 bits per heavy atom. The van der Waals surface area contributed by atoms with Crippen molar-refractivity contribution in [3.63, 3.8) is 0 Å². The Hall–Kier alpha value is -3.04. The van der Waals surface area contributed by atoms with Gasteiger partial charge in [-0.2, -0.15) is 10.4 Å². The largest absolute Gasteiger partial charge is 0.309 e. The molecule has 0 saturated heterocycles. The minimum absolute atomic E-state index is 0.212. The van der Waals surface area contributed by atoms with Gasteiger partial charge < -0.3 is 5.32 Å². The van der Waals surface area contributed by atoms with Crippen molar-refractivity contribution < 1.29 is 4.79 Å². The molecule has 1 heterocycles. The van der Waals surface area contributed by atoms with Gasteiger partial charge in [0.05, 0.1) is 5.92 Å². The van der Waals surface area contributed by atoms with Crippen molar-refractivity contribution in [3.05, 3.63) is 77.4 Å². The van der Waals surface area contributed by atoms with E-state index in [1.54, 1.807) is 0 Å². The molecule has 2 N–H and O–H groups in total. The lowest BCUT2D eigenvalue weighted by Crippen LogP contribution is -2.22. The van der Waals surface area contributed by atoms with E-state index in [0.29, 0.717) is 16.4 Å². The molecule has 3 rings (SSSR count). The number of rotatable bonds is 6. The fraction of sp³-hybridized carbons (Fsp3) is 0.150. The first-order chi connectivity index (χ1) is 12.7.